The van der Waals surface area contributed by atoms with Crippen molar-refractivity contribution < 1.29 is 23.4 Å². The van der Waals surface area contributed by atoms with Crippen LogP contribution in [0.15, 0.2) is 48.8 Å². The van der Waals surface area contributed by atoms with Gasteiger partial charge in [0, 0.05) is 22.9 Å². The molecule has 4 N–H and O–H groups in total. The summed E-state index contributed by atoms with van der Waals surface area (Å²) in [4.78, 5) is 11.1. The number of halogens is 2. The lowest BCUT2D eigenvalue weighted by atomic mass is 9.90. The maximum Gasteiger partial charge on any atom is 0.295 e. The number of carbonyl (C=O) groups excluding carboxylic acids is 1. The fourth-order valence-electron chi connectivity index (χ4n) is 3.58. The van der Waals surface area contributed by atoms with Gasteiger partial charge in [0.15, 0.2) is 12.2 Å². The van der Waals surface area contributed by atoms with Gasteiger partial charge < -0.3 is 15.6 Å². The van der Waals surface area contributed by atoms with Crippen molar-refractivity contribution in [2.45, 2.75) is 11.3 Å². The summed E-state index contributed by atoms with van der Waals surface area (Å²) >= 11 is 0. The maximum atomic E-state index is 14.7. The lowest BCUT2D eigenvalue weighted by Crippen LogP contribution is -2.40. The van der Waals surface area contributed by atoms with E-state index in [1.807, 2.05) is 0 Å². The predicted molar refractivity (Wildman–Crippen MR) is 102 cm³/mol. The first-order chi connectivity index (χ1) is 13.2. The van der Waals surface area contributed by atoms with E-state index >= 15 is 0 Å². The fourth-order valence-corrected chi connectivity index (χ4v) is 3.89. The molecule has 3 aromatic rings. The van der Waals surface area contributed by atoms with Crippen LogP contribution in [-0.4, -0.2) is 33.5 Å². The van der Waals surface area contributed by atoms with Gasteiger partial charge in [-0.25, -0.2) is 0 Å². The smallest absolute Gasteiger partial charge is 0.295 e. The summed E-state index contributed by atoms with van der Waals surface area (Å²) in [5.74, 6) is -0.575. The van der Waals surface area contributed by atoms with Gasteiger partial charge in [0.1, 0.15) is 5.75 Å². The molecule has 1 aliphatic carbocycles. The SMILES string of the molecule is NC(=O)COc1cc(-c2cn[nH]c2)c2c(c1)C(O)(C(F)(F)P)c1ccccc1-2. The van der Waals surface area contributed by atoms with Crippen LogP contribution in [0.1, 0.15) is 11.1 Å². The van der Waals surface area contributed by atoms with Crippen molar-refractivity contribution in [1.82, 2.24) is 10.2 Å². The predicted octanol–water partition coefficient (Wildman–Crippen LogP) is 2.63. The van der Waals surface area contributed by atoms with Crippen LogP contribution in [0.25, 0.3) is 22.3 Å². The zero-order chi connectivity index (χ0) is 20.1. The first-order valence-electron chi connectivity index (χ1n) is 8.31. The molecule has 0 radical (unpaired) electrons. The number of alkyl halides is 2. The molecule has 2 unspecified atom stereocenters. The second-order valence-corrected chi connectivity index (χ2v) is 7.24. The quantitative estimate of drug-likeness (QED) is 0.570. The van der Waals surface area contributed by atoms with Crippen molar-refractivity contribution in [2.24, 2.45) is 5.73 Å². The number of fused-ring (bicyclic) bond motifs is 3. The Kier molecular flexibility index (Phi) is 4.21. The highest BCUT2D eigenvalue weighted by atomic mass is 31.0. The third-order valence-electron chi connectivity index (χ3n) is 4.76. The number of rotatable bonds is 5. The maximum absolute atomic E-state index is 14.7. The van der Waals surface area contributed by atoms with E-state index in [4.69, 9.17) is 10.5 Å². The average Bonchev–Trinajstić information content (AvgIpc) is 3.26. The topological polar surface area (TPSA) is 101 Å². The average molecular weight is 403 g/mol. The van der Waals surface area contributed by atoms with Gasteiger partial charge in [0.25, 0.3) is 11.6 Å². The Hall–Kier alpha value is -2.83. The summed E-state index contributed by atoms with van der Waals surface area (Å²) in [6.07, 6.45) is 3.14. The van der Waals surface area contributed by atoms with Gasteiger partial charge in [0.2, 0.25) is 0 Å². The Balaban J connectivity index is 2.04. The molecule has 0 saturated carbocycles. The molecule has 1 aromatic heterocycles. The van der Waals surface area contributed by atoms with Gasteiger partial charge in [-0.3, -0.25) is 9.89 Å². The molecule has 0 spiro atoms. The molecule has 1 heterocycles. The number of carbonyl (C=O) groups is 1. The Morgan fingerprint density at radius 1 is 1.29 bits per heavy atom. The second-order valence-electron chi connectivity index (χ2n) is 6.51. The van der Waals surface area contributed by atoms with Crippen molar-refractivity contribution in [3.8, 4) is 28.0 Å². The number of aliphatic hydroxyl groups is 1. The number of ether oxygens (including phenoxy) is 1. The van der Waals surface area contributed by atoms with E-state index in [0.717, 1.165) is 0 Å². The highest BCUT2D eigenvalue weighted by Crippen LogP contribution is 2.59. The van der Waals surface area contributed by atoms with Crippen molar-refractivity contribution in [2.75, 3.05) is 6.61 Å². The Morgan fingerprint density at radius 2 is 2.04 bits per heavy atom. The molecular weight excluding hydrogens is 387 g/mol. The largest absolute Gasteiger partial charge is 0.484 e. The number of aromatic amines is 1. The van der Waals surface area contributed by atoms with E-state index in [1.165, 1.54) is 27.6 Å². The number of nitrogens with zero attached hydrogens (tertiary/aromatic N) is 1. The molecule has 0 aliphatic heterocycles. The molecule has 6 nitrogen and oxygen atoms in total. The molecular formula is C19H16F2N3O3P. The lowest BCUT2D eigenvalue weighted by Gasteiger charge is -2.32. The van der Waals surface area contributed by atoms with Crippen molar-refractivity contribution in [3.63, 3.8) is 0 Å². The monoisotopic (exact) mass is 403 g/mol. The van der Waals surface area contributed by atoms with E-state index in [-0.39, 0.29) is 16.9 Å². The minimum atomic E-state index is -3.57. The van der Waals surface area contributed by atoms with Crippen molar-refractivity contribution >= 4 is 15.1 Å². The number of H-pyrrole nitrogens is 1. The Morgan fingerprint density at radius 3 is 2.68 bits per heavy atom. The van der Waals surface area contributed by atoms with Crippen LogP contribution in [0.3, 0.4) is 0 Å². The minimum absolute atomic E-state index is 0.0214. The highest BCUT2D eigenvalue weighted by Gasteiger charge is 2.57. The zero-order valence-electron chi connectivity index (χ0n) is 14.4. The summed E-state index contributed by atoms with van der Waals surface area (Å²) in [6.45, 7) is -0.424. The van der Waals surface area contributed by atoms with E-state index in [0.29, 0.717) is 22.3 Å². The molecule has 144 valence electrons. The summed E-state index contributed by atoms with van der Waals surface area (Å²) in [6, 6.07) is 9.38. The van der Waals surface area contributed by atoms with Crippen molar-refractivity contribution in [1.29, 1.82) is 0 Å². The molecule has 28 heavy (non-hydrogen) atoms. The minimum Gasteiger partial charge on any atom is -0.484 e. The number of nitrogens with one attached hydrogen (secondary N) is 1. The van der Waals surface area contributed by atoms with Crippen LogP contribution in [-0.2, 0) is 10.4 Å². The zero-order valence-corrected chi connectivity index (χ0v) is 15.6. The number of hydrogen-bond acceptors (Lipinski definition) is 4. The molecule has 2 atom stereocenters. The van der Waals surface area contributed by atoms with Gasteiger partial charge >= 0.3 is 0 Å². The fraction of sp³-hybridized carbons (Fsp3) is 0.158. The van der Waals surface area contributed by atoms with E-state index < -0.39 is 23.8 Å². The summed E-state index contributed by atoms with van der Waals surface area (Å²) < 4.78 is 34.7. The van der Waals surface area contributed by atoms with Gasteiger partial charge in [-0.1, -0.05) is 33.5 Å². The van der Waals surface area contributed by atoms with E-state index in [9.17, 15) is 18.7 Å². The number of aromatic nitrogens is 2. The molecule has 2 aromatic carbocycles. The van der Waals surface area contributed by atoms with Gasteiger partial charge in [-0.2, -0.15) is 13.9 Å². The van der Waals surface area contributed by atoms with Gasteiger partial charge in [-0.15, -0.1) is 0 Å². The summed E-state index contributed by atoms with van der Waals surface area (Å²) in [5.41, 5.74) is 1.12. The molecule has 0 saturated heterocycles. The Bertz CT molecular complexity index is 1070. The third-order valence-corrected chi connectivity index (χ3v) is 5.18. The van der Waals surface area contributed by atoms with E-state index in [2.05, 4.69) is 10.2 Å². The number of primary amides is 1. The first kappa shape index (κ1) is 18.5. The molecule has 9 heteroatoms. The van der Waals surface area contributed by atoms with Crippen LogP contribution in [0, 0.1) is 0 Å². The molecule has 0 fully saturated rings. The van der Waals surface area contributed by atoms with Crippen LogP contribution in [0.4, 0.5) is 8.78 Å². The van der Waals surface area contributed by atoms with Gasteiger partial charge in [0.05, 0.1) is 6.20 Å². The summed E-state index contributed by atoms with van der Waals surface area (Å²) in [7, 11) is 1.42. The number of nitrogens with two attached hydrogens (primary N) is 1. The van der Waals surface area contributed by atoms with E-state index in [1.54, 1.807) is 30.5 Å². The van der Waals surface area contributed by atoms with Crippen LogP contribution >= 0.6 is 9.24 Å². The molecule has 0 bridgehead atoms. The normalized spacial score (nSPS) is 17.9. The van der Waals surface area contributed by atoms with Crippen LogP contribution in [0.2, 0.25) is 0 Å². The van der Waals surface area contributed by atoms with Crippen LogP contribution in [0.5, 0.6) is 5.75 Å². The molecule has 1 amide bonds. The molecule has 1 aliphatic rings. The third kappa shape index (κ3) is 2.68. The van der Waals surface area contributed by atoms with Crippen LogP contribution < -0.4 is 10.5 Å². The van der Waals surface area contributed by atoms with Gasteiger partial charge in [-0.05, 0) is 28.8 Å². The highest BCUT2D eigenvalue weighted by molar-refractivity contribution is 7.18. The first-order valence-corrected chi connectivity index (χ1v) is 8.89. The Labute approximate surface area is 160 Å². The summed E-state index contributed by atoms with van der Waals surface area (Å²) in [5, 5.41) is 17.8. The molecule has 4 rings (SSSR count). The number of amides is 1. The second kappa shape index (κ2) is 6.36. The number of benzene rings is 2. The number of hydrogen-bond donors (Lipinski definition) is 3. The van der Waals surface area contributed by atoms with Crippen molar-refractivity contribution in [3.05, 3.63) is 59.9 Å². The lowest BCUT2D eigenvalue weighted by molar-refractivity contribution is -0.119. The standard InChI is InChI=1S/C19H16F2N3O3P/c20-19(21,28)18(26)14-4-2-1-3-12(14)17-13(10-7-23-24-8-10)5-11(6-15(17)18)27-9-16(22)25/h1-8,26H,9,28H2,(H2,22,25)(H,23,24).